The number of aryl methyl sites for hydroxylation is 1. The van der Waals surface area contributed by atoms with Crippen molar-refractivity contribution in [2.24, 2.45) is 0 Å². The Bertz CT molecular complexity index is 775. The molecule has 0 saturated heterocycles. The number of hydrogen-bond donors (Lipinski definition) is 2. The highest BCUT2D eigenvalue weighted by Gasteiger charge is 2.08. The molecule has 0 spiro atoms. The molecule has 5 heteroatoms. The van der Waals surface area contributed by atoms with Crippen molar-refractivity contribution < 1.29 is 9.90 Å². The van der Waals surface area contributed by atoms with Gasteiger partial charge < -0.3 is 14.8 Å². The molecule has 1 aromatic carbocycles. The molecule has 3 rings (SSSR count). The van der Waals surface area contributed by atoms with Crippen LogP contribution in [0.1, 0.15) is 16.1 Å². The molecule has 0 bridgehead atoms. The zero-order chi connectivity index (χ0) is 14.1. The summed E-state index contributed by atoms with van der Waals surface area (Å²) in [5.74, 6) is -0.0453. The number of aromatic hydroxyl groups is 1. The summed E-state index contributed by atoms with van der Waals surface area (Å²) in [4.78, 5) is 16.5. The molecule has 100 valence electrons. The van der Waals surface area contributed by atoms with Gasteiger partial charge in [-0.15, -0.1) is 0 Å². The number of imidazole rings is 1. The Hall–Kier alpha value is -2.82. The van der Waals surface area contributed by atoms with E-state index in [0.29, 0.717) is 11.3 Å². The number of rotatable bonds is 2. The molecule has 0 saturated carbocycles. The Labute approximate surface area is 115 Å². The van der Waals surface area contributed by atoms with Crippen molar-refractivity contribution in [2.45, 2.75) is 6.92 Å². The van der Waals surface area contributed by atoms with Gasteiger partial charge in [0.15, 0.2) is 0 Å². The van der Waals surface area contributed by atoms with Gasteiger partial charge in [0.1, 0.15) is 11.4 Å². The average Bonchev–Trinajstić information content (AvgIpc) is 2.80. The number of aromatic nitrogens is 2. The number of nitrogens with one attached hydrogen (secondary N) is 1. The summed E-state index contributed by atoms with van der Waals surface area (Å²) in [6.07, 6.45) is 3.71. The summed E-state index contributed by atoms with van der Waals surface area (Å²) < 4.78 is 1.87. The minimum atomic E-state index is -0.209. The molecule has 0 radical (unpaired) electrons. The van der Waals surface area contributed by atoms with Crippen LogP contribution in [0.15, 0.2) is 48.8 Å². The molecule has 3 aromatic rings. The van der Waals surface area contributed by atoms with Gasteiger partial charge in [0, 0.05) is 23.6 Å². The van der Waals surface area contributed by atoms with E-state index >= 15 is 0 Å². The Kier molecular flexibility index (Phi) is 2.87. The molecule has 5 nitrogen and oxygen atoms in total. The number of hydrogen-bond acceptors (Lipinski definition) is 3. The van der Waals surface area contributed by atoms with Crippen LogP contribution in [0.4, 0.5) is 5.69 Å². The van der Waals surface area contributed by atoms with Gasteiger partial charge in [-0.2, -0.15) is 0 Å². The van der Waals surface area contributed by atoms with Gasteiger partial charge in [0.25, 0.3) is 5.91 Å². The van der Waals surface area contributed by atoms with Gasteiger partial charge in [0.2, 0.25) is 0 Å². The van der Waals surface area contributed by atoms with Crippen LogP contribution in [0.3, 0.4) is 0 Å². The predicted octanol–water partition coefficient (Wildman–Crippen LogP) is 2.60. The normalized spacial score (nSPS) is 10.7. The maximum atomic E-state index is 12.1. The fraction of sp³-hybridized carbons (Fsp3) is 0.0667. The molecule has 0 atom stereocenters. The second-order valence-corrected chi connectivity index (χ2v) is 4.56. The van der Waals surface area contributed by atoms with E-state index in [4.69, 9.17) is 0 Å². The highest BCUT2D eigenvalue weighted by molar-refractivity contribution is 6.04. The molecule has 0 aliphatic heterocycles. The summed E-state index contributed by atoms with van der Waals surface area (Å²) in [6, 6.07) is 9.82. The van der Waals surface area contributed by atoms with Crippen LogP contribution < -0.4 is 5.32 Å². The number of carbonyl (C=O) groups is 1. The van der Waals surface area contributed by atoms with E-state index in [0.717, 1.165) is 11.3 Å². The first-order valence-electron chi connectivity index (χ1n) is 6.17. The van der Waals surface area contributed by atoms with E-state index in [9.17, 15) is 9.90 Å². The summed E-state index contributed by atoms with van der Waals surface area (Å²) in [5, 5.41) is 12.0. The molecular weight excluding hydrogens is 254 g/mol. The van der Waals surface area contributed by atoms with E-state index < -0.39 is 0 Å². The average molecular weight is 267 g/mol. The van der Waals surface area contributed by atoms with Crippen LogP contribution in [0, 0.1) is 6.92 Å². The van der Waals surface area contributed by atoms with Gasteiger partial charge in [-0.25, -0.2) is 4.98 Å². The summed E-state index contributed by atoms with van der Waals surface area (Å²) >= 11 is 0. The van der Waals surface area contributed by atoms with Gasteiger partial charge in [-0.05, 0) is 43.3 Å². The third-order valence-electron chi connectivity index (χ3n) is 2.97. The maximum Gasteiger partial charge on any atom is 0.255 e. The van der Waals surface area contributed by atoms with E-state index in [1.165, 1.54) is 12.1 Å². The van der Waals surface area contributed by atoms with E-state index in [-0.39, 0.29) is 11.7 Å². The fourth-order valence-corrected chi connectivity index (χ4v) is 2.00. The standard InChI is InChI=1S/C15H13N3O2/c1-10-9-18-7-6-11(8-14(18)16-10)15(20)17-12-2-4-13(19)5-3-12/h2-9,19H,1H3,(H,17,20). The van der Waals surface area contributed by atoms with E-state index in [1.54, 1.807) is 30.5 Å². The molecule has 2 heterocycles. The van der Waals surface area contributed by atoms with E-state index in [1.807, 2.05) is 17.5 Å². The minimum Gasteiger partial charge on any atom is -0.508 e. The van der Waals surface area contributed by atoms with Crippen molar-refractivity contribution in [3.8, 4) is 5.75 Å². The monoisotopic (exact) mass is 267 g/mol. The zero-order valence-corrected chi connectivity index (χ0v) is 10.9. The molecule has 2 aromatic heterocycles. The third-order valence-corrected chi connectivity index (χ3v) is 2.97. The largest absolute Gasteiger partial charge is 0.508 e. The number of benzene rings is 1. The molecule has 1 amide bonds. The van der Waals surface area contributed by atoms with Gasteiger partial charge >= 0.3 is 0 Å². The van der Waals surface area contributed by atoms with Crippen molar-refractivity contribution in [1.82, 2.24) is 9.38 Å². The topological polar surface area (TPSA) is 66.6 Å². The quantitative estimate of drug-likeness (QED) is 0.701. The van der Waals surface area contributed by atoms with E-state index in [2.05, 4.69) is 10.3 Å². The van der Waals surface area contributed by atoms with Gasteiger partial charge in [0.05, 0.1) is 5.69 Å². The van der Waals surface area contributed by atoms with Gasteiger partial charge in [-0.3, -0.25) is 4.79 Å². The lowest BCUT2D eigenvalue weighted by Gasteiger charge is -2.05. The number of fused-ring (bicyclic) bond motifs is 1. The summed E-state index contributed by atoms with van der Waals surface area (Å²) in [7, 11) is 0. The Morgan fingerprint density at radius 1 is 1.25 bits per heavy atom. The van der Waals surface area contributed by atoms with Crippen molar-refractivity contribution >= 4 is 17.2 Å². The van der Waals surface area contributed by atoms with Crippen LogP contribution in [0.25, 0.3) is 5.65 Å². The summed E-state index contributed by atoms with van der Waals surface area (Å²) in [5.41, 5.74) is 2.81. The second-order valence-electron chi connectivity index (χ2n) is 4.56. The first-order valence-corrected chi connectivity index (χ1v) is 6.17. The molecule has 20 heavy (non-hydrogen) atoms. The van der Waals surface area contributed by atoms with Crippen molar-refractivity contribution in [3.05, 3.63) is 60.0 Å². The summed E-state index contributed by atoms with van der Waals surface area (Å²) in [6.45, 7) is 1.91. The molecule has 0 fully saturated rings. The lowest BCUT2D eigenvalue weighted by Crippen LogP contribution is -2.12. The Morgan fingerprint density at radius 2 is 2.00 bits per heavy atom. The number of amides is 1. The van der Waals surface area contributed by atoms with Crippen molar-refractivity contribution in [2.75, 3.05) is 5.32 Å². The predicted molar refractivity (Wildman–Crippen MR) is 76.0 cm³/mol. The van der Waals surface area contributed by atoms with Gasteiger partial charge in [-0.1, -0.05) is 0 Å². The molecule has 2 N–H and O–H groups in total. The highest BCUT2D eigenvalue weighted by Crippen LogP contribution is 2.15. The Morgan fingerprint density at radius 3 is 2.75 bits per heavy atom. The van der Waals surface area contributed by atoms with Crippen LogP contribution in [0.2, 0.25) is 0 Å². The molecular formula is C15H13N3O2. The number of nitrogens with zero attached hydrogens (tertiary/aromatic N) is 2. The van der Waals surface area contributed by atoms with Crippen molar-refractivity contribution in [1.29, 1.82) is 0 Å². The number of anilines is 1. The molecule has 0 unspecified atom stereocenters. The fourth-order valence-electron chi connectivity index (χ4n) is 2.00. The number of carbonyl (C=O) groups excluding carboxylic acids is 1. The SMILES string of the molecule is Cc1cn2ccc(C(=O)Nc3ccc(O)cc3)cc2n1. The van der Waals surface area contributed by atoms with Crippen LogP contribution in [-0.2, 0) is 0 Å². The van der Waals surface area contributed by atoms with Crippen LogP contribution in [0.5, 0.6) is 5.75 Å². The first-order chi connectivity index (χ1) is 9.61. The zero-order valence-electron chi connectivity index (χ0n) is 10.9. The first kappa shape index (κ1) is 12.2. The van der Waals surface area contributed by atoms with Crippen molar-refractivity contribution in [3.63, 3.8) is 0 Å². The molecule has 0 aliphatic rings. The molecule has 0 aliphatic carbocycles. The number of pyridine rings is 1. The lowest BCUT2D eigenvalue weighted by atomic mass is 10.2. The van der Waals surface area contributed by atoms with Crippen LogP contribution in [-0.4, -0.2) is 20.4 Å². The smallest absolute Gasteiger partial charge is 0.255 e. The lowest BCUT2D eigenvalue weighted by molar-refractivity contribution is 0.102. The Balaban J connectivity index is 1.86. The van der Waals surface area contributed by atoms with Crippen LogP contribution >= 0.6 is 0 Å². The third kappa shape index (κ3) is 2.33. The maximum absolute atomic E-state index is 12.1. The number of phenols is 1. The number of phenolic OH excluding ortho intramolecular Hbond substituents is 1. The highest BCUT2D eigenvalue weighted by atomic mass is 16.3. The second kappa shape index (κ2) is 4.70. The minimum absolute atomic E-state index is 0.164.